The fourth-order valence-electron chi connectivity index (χ4n) is 2.24. The summed E-state index contributed by atoms with van der Waals surface area (Å²) in [6, 6.07) is 0. The second-order valence-corrected chi connectivity index (χ2v) is 7.62. The van der Waals surface area contributed by atoms with Crippen LogP contribution < -0.4 is 0 Å². The maximum absolute atomic E-state index is 11.0. The second-order valence-electron chi connectivity index (χ2n) is 7.62. The van der Waals surface area contributed by atoms with E-state index in [0.717, 1.165) is 11.1 Å². The Balaban J connectivity index is 3.25. The molecule has 0 spiro atoms. The molecule has 3 heteroatoms. The summed E-state index contributed by atoms with van der Waals surface area (Å²) in [6.07, 6.45) is 4.00. The zero-order chi connectivity index (χ0) is 15.1. The summed E-state index contributed by atoms with van der Waals surface area (Å²) < 4.78 is 0. The topological polar surface area (TPSA) is 57.5 Å². The Morgan fingerprint density at radius 1 is 1.21 bits per heavy atom. The van der Waals surface area contributed by atoms with Gasteiger partial charge in [-0.1, -0.05) is 53.2 Å². The molecule has 0 bridgehead atoms. The smallest absolute Gasteiger partial charge is 0.306 e. The van der Waals surface area contributed by atoms with Gasteiger partial charge in [0.15, 0.2) is 0 Å². The summed E-state index contributed by atoms with van der Waals surface area (Å²) in [5.41, 5.74) is 0.656. The summed E-state index contributed by atoms with van der Waals surface area (Å²) in [7, 11) is 0. The quantitative estimate of drug-likeness (QED) is 0.803. The molecule has 1 aliphatic rings. The van der Waals surface area contributed by atoms with Gasteiger partial charge in [-0.05, 0) is 22.5 Å². The van der Waals surface area contributed by atoms with Gasteiger partial charge < -0.3 is 10.2 Å². The molecule has 0 aromatic rings. The number of aliphatic hydroxyl groups is 1. The van der Waals surface area contributed by atoms with Crippen LogP contribution in [0.2, 0.25) is 0 Å². The van der Waals surface area contributed by atoms with Crippen molar-refractivity contribution in [1.82, 2.24) is 0 Å². The van der Waals surface area contributed by atoms with E-state index < -0.39 is 11.6 Å². The van der Waals surface area contributed by atoms with Crippen LogP contribution in [0.25, 0.3) is 0 Å². The molecule has 3 nitrogen and oxygen atoms in total. The van der Waals surface area contributed by atoms with Crippen LogP contribution in [-0.4, -0.2) is 21.8 Å². The number of allylic oxidation sites excluding steroid dienone is 2. The maximum atomic E-state index is 11.0. The lowest BCUT2D eigenvalue weighted by Gasteiger charge is -2.37. The van der Waals surface area contributed by atoms with Crippen LogP contribution in [0, 0.1) is 10.8 Å². The maximum Gasteiger partial charge on any atom is 0.306 e. The predicted molar refractivity (Wildman–Crippen MR) is 76.9 cm³/mol. The Morgan fingerprint density at radius 2 is 1.74 bits per heavy atom. The molecule has 0 amide bonds. The van der Waals surface area contributed by atoms with Crippen molar-refractivity contribution < 1.29 is 15.0 Å². The molecular weight excluding hydrogens is 240 g/mol. The Bertz CT molecular complexity index is 430. The minimum absolute atomic E-state index is 0.0722. The van der Waals surface area contributed by atoms with E-state index in [-0.39, 0.29) is 17.3 Å². The van der Waals surface area contributed by atoms with Crippen molar-refractivity contribution in [3.63, 3.8) is 0 Å². The van der Waals surface area contributed by atoms with Crippen LogP contribution in [0.5, 0.6) is 0 Å². The van der Waals surface area contributed by atoms with Gasteiger partial charge in [0.1, 0.15) is 0 Å². The molecule has 1 rings (SSSR count). The number of aliphatic carboxylic acids is 1. The molecule has 0 aliphatic heterocycles. The van der Waals surface area contributed by atoms with Gasteiger partial charge in [-0.2, -0.15) is 0 Å². The zero-order valence-corrected chi connectivity index (χ0v) is 12.9. The third-order valence-electron chi connectivity index (χ3n) is 3.54. The first-order chi connectivity index (χ1) is 8.33. The molecule has 1 unspecified atom stereocenters. The van der Waals surface area contributed by atoms with Crippen molar-refractivity contribution in [2.24, 2.45) is 10.8 Å². The molecule has 2 N–H and O–H groups in total. The molecule has 1 aliphatic carbocycles. The van der Waals surface area contributed by atoms with Gasteiger partial charge in [0.2, 0.25) is 0 Å². The largest absolute Gasteiger partial charge is 0.481 e. The molecule has 108 valence electrons. The number of carboxylic acids is 1. The zero-order valence-electron chi connectivity index (χ0n) is 12.9. The minimum Gasteiger partial charge on any atom is -0.481 e. The molecule has 1 atom stereocenters. The van der Waals surface area contributed by atoms with E-state index in [1.54, 1.807) is 6.08 Å². The van der Waals surface area contributed by atoms with Crippen molar-refractivity contribution in [2.75, 3.05) is 0 Å². The highest BCUT2D eigenvalue weighted by Gasteiger charge is 2.37. The van der Waals surface area contributed by atoms with Crippen LogP contribution in [0.1, 0.15) is 54.4 Å². The molecular formula is C16H26O3. The fourth-order valence-corrected chi connectivity index (χ4v) is 2.24. The molecule has 0 aromatic heterocycles. The number of rotatable bonds is 2. The average Bonchev–Trinajstić information content (AvgIpc) is 2.11. The monoisotopic (exact) mass is 266 g/mol. The second kappa shape index (κ2) is 4.78. The highest BCUT2D eigenvalue weighted by atomic mass is 16.4. The fraction of sp³-hybridized carbons (Fsp3) is 0.688. The highest BCUT2D eigenvalue weighted by molar-refractivity contribution is 5.69. The molecule has 0 fully saturated rings. The van der Waals surface area contributed by atoms with Gasteiger partial charge in [0.25, 0.3) is 0 Å². The SMILES string of the molecule is CC(C)(C)C1=CC(O)(CC(=O)O)CC(C(C)(C)C)=C1. The summed E-state index contributed by atoms with van der Waals surface area (Å²) >= 11 is 0. The van der Waals surface area contributed by atoms with Crippen molar-refractivity contribution in [3.8, 4) is 0 Å². The standard InChI is InChI=1S/C16H26O3/c1-14(2,3)11-7-12(15(4,5)6)9-16(19,8-11)10-13(17)18/h7-8,19H,9-10H2,1-6H3,(H,17,18). The lowest BCUT2D eigenvalue weighted by Crippen LogP contribution is -2.36. The van der Waals surface area contributed by atoms with Crippen LogP contribution >= 0.6 is 0 Å². The van der Waals surface area contributed by atoms with Gasteiger partial charge in [-0.25, -0.2) is 0 Å². The van der Waals surface area contributed by atoms with Gasteiger partial charge in [-0.15, -0.1) is 0 Å². The van der Waals surface area contributed by atoms with E-state index in [0.29, 0.717) is 6.42 Å². The third kappa shape index (κ3) is 4.20. The summed E-state index contributed by atoms with van der Waals surface area (Å²) in [4.78, 5) is 11.0. The number of hydrogen-bond acceptors (Lipinski definition) is 2. The first-order valence-electron chi connectivity index (χ1n) is 6.72. The average molecular weight is 266 g/mol. The summed E-state index contributed by atoms with van der Waals surface area (Å²) in [5.74, 6) is -0.970. The van der Waals surface area contributed by atoms with Gasteiger partial charge in [0, 0.05) is 6.42 Å². The van der Waals surface area contributed by atoms with E-state index in [1.807, 2.05) is 0 Å². The van der Waals surface area contributed by atoms with E-state index in [2.05, 4.69) is 47.6 Å². The van der Waals surface area contributed by atoms with Gasteiger partial charge in [-0.3, -0.25) is 4.79 Å². The summed E-state index contributed by atoms with van der Waals surface area (Å²) in [5, 5.41) is 19.6. The van der Waals surface area contributed by atoms with Crippen molar-refractivity contribution in [3.05, 3.63) is 23.3 Å². The molecule has 0 heterocycles. The van der Waals surface area contributed by atoms with Gasteiger partial charge >= 0.3 is 5.97 Å². The van der Waals surface area contributed by atoms with E-state index >= 15 is 0 Å². The number of hydrogen-bond donors (Lipinski definition) is 2. The van der Waals surface area contributed by atoms with Crippen LogP contribution in [0.3, 0.4) is 0 Å². The highest BCUT2D eigenvalue weighted by Crippen LogP contribution is 2.42. The third-order valence-corrected chi connectivity index (χ3v) is 3.54. The first kappa shape index (κ1) is 16.0. The van der Waals surface area contributed by atoms with Crippen molar-refractivity contribution in [1.29, 1.82) is 0 Å². The van der Waals surface area contributed by atoms with Crippen LogP contribution in [0.4, 0.5) is 0 Å². The molecule has 0 saturated heterocycles. The molecule has 19 heavy (non-hydrogen) atoms. The van der Waals surface area contributed by atoms with E-state index in [9.17, 15) is 9.90 Å². The first-order valence-corrected chi connectivity index (χ1v) is 6.72. The predicted octanol–water partition coefficient (Wildman–Crippen LogP) is 3.54. The normalized spacial score (nSPS) is 24.8. The van der Waals surface area contributed by atoms with Crippen LogP contribution in [0.15, 0.2) is 23.3 Å². The number of carbonyl (C=O) groups is 1. The van der Waals surface area contributed by atoms with Crippen LogP contribution in [-0.2, 0) is 4.79 Å². The summed E-state index contributed by atoms with van der Waals surface area (Å²) in [6.45, 7) is 12.5. The Morgan fingerprint density at radius 3 is 2.11 bits per heavy atom. The Kier molecular flexibility index (Phi) is 4.02. The van der Waals surface area contributed by atoms with Gasteiger partial charge in [0.05, 0.1) is 12.0 Å². The minimum atomic E-state index is -1.27. The lowest BCUT2D eigenvalue weighted by molar-refractivity contribution is -0.141. The number of carboxylic acid groups (broad SMARTS) is 1. The van der Waals surface area contributed by atoms with Crippen molar-refractivity contribution in [2.45, 2.75) is 60.0 Å². The molecule has 0 aromatic carbocycles. The van der Waals surface area contributed by atoms with Crippen molar-refractivity contribution >= 4 is 5.97 Å². The molecule has 0 saturated carbocycles. The Hall–Kier alpha value is -1.09. The Labute approximate surface area is 116 Å². The van der Waals surface area contributed by atoms with E-state index in [4.69, 9.17) is 5.11 Å². The van der Waals surface area contributed by atoms with E-state index in [1.165, 1.54) is 0 Å². The lowest BCUT2D eigenvalue weighted by atomic mass is 9.70. The molecule has 0 radical (unpaired) electrons.